The van der Waals surface area contributed by atoms with Crippen LogP contribution in [0.15, 0.2) is 23.1 Å². The van der Waals surface area contributed by atoms with Gasteiger partial charge in [-0.3, -0.25) is 14.9 Å². The topological polar surface area (TPSA) is 75.4 Å². The van der Waals surface area contributed by atoms with E-state index in [0.717, 1.165) is 48.1 Å². The maximum absolute atomic E-state index is 11.7. The molecular weight excluding hydrogens is 286 g/mol. The molecule has 1 atom stereocenters. The van der Waals surface area contributed by atoms with Gasteiger partial charge in [-0.05, 0) is 42.3 Å². The van der Waals surface area contributed by atoms with Gasteiger partial charge in [-0.2, -0.15) is 0 Å². The second kappa shape index (κ2) is 5.54. The molecule has 0 aliphatic carbocycles. The number of amides is 2. The lowest BCUT2D eigenvalue weighted by Gasteiger charge is -2.23. The molecule has 2 saturated heterocycles. The molecule has 2 aliphatic heterocycles. The van der Waals surface area contributed by atoms with Gasteiger partial charge in [-0.25, -0.2) is 0 Å². The fourth-order valence-corrected chi connectivity index (χ4v) is 3.46. The molecule has 0 aromatic heterocycles. The van der Waals surface area contributed by atoms with E-state index in [1.165, 1.54) is 0 Å². The van der Waals surface area contributed by atoms with Gasteiger partial charge in [0, 0.05) is 24.8 Å². The van der Waals surface area contributed by atoms with E-state index in [-0.39, 0.29) is 17.2 Å². The number of para-hydroxylation sites is 1. The highest BCUT2D eigenvalue weighted by atomic mass is 32.2. The number of nitrogens with zero attached hydrogens (tertiary/aromatic N) is 1. The van der Waals surface area contributed by atoms with E-state index in [9.17, 15) is 9.59 Å². The van der Waals surface area contributed by atoms with Crippen LogP contribution in [0, 0.1) is 6.92 Å². The zero-order valence-electron chi connectivity index (χ0n) is 11.8. The number of anilines is 1. The molecule has 2 amide bonds. The van der Waals surface area contributed by atoms with Crippen LogP contribution in [0.3, 0.4) is 0 Å². The van der Waals surface area contributed by atoms with E-state index >= 15 is 0 Å². The average molecular weight is 303 g/mol. The minimum atomic E-state index is -0.324. The zero-order chi connectivity index (χ0) is 15.0. The first-order valence-corrected chi connectivity index (χ1v) is 7.71. The van der Waals surface area contributed by atoms with Crippen molar-refractivity contribution in [3.63, 3.8) is 0 Å². The highest BCUT2D eigenvalue weighted by Crippen LogP contribution is 2.33. The number of carbonyl (C=O) groups is 2. The molecule has 1 unspecified atom stereocenters. The summed E-state index contributed by atoms with van der Waals surface area (Å²) in [6, 6.07) is 6.17. The Morgan fingerprint density at radius 1 is 1.43 bits per heavy atom. The number of rotatable bonds is 2. The molecule has 21 heavy (non-hydrogen) atoms. The number of carbonyl (C=O) groups excluding carboxylic acids is 2. The Hall–Kier alpha value is -1.79. The summed E-state index contributed by atoms with van der Waals surface area (Å²) in [6.07, 6.45) is 2.76. The van der Waals surface area contributed by atoms with Crippen molar-refractivity contribution in [2.24, 2.45) is 5.73 Å². The fourth-order valence-electron chi connectivity index (χ4n) is 2.78. The van der Waals surface area contributed by atoms with E-state index in [2.05, 4.69) is 10.2 Å². The lowest BCUT2D eigenvalue weighted by molar-refractivity contribution is -0.115. The summed E-state index contributed by atoms with van der Waals surface area (Å²) in [5, 5.41) is 1.96. The van der Waals surface area contributed by atoms with Crippen LogP contribution in [0.1, 0.15) is 17.5 Å². The minimum Gasteiger partial charge on any atom is -0.369 e. The van der Waals surface area contributed by atoms with Gasteiger partial charge in [0.25, 0.3) is 11.1 Å². The van der Waals surface area contributed by atoms with Gasteiger partial charge in [0.05, 0.1) is 4.91 Å². The third-order valence-corrected chi connectivity index (χ3v) is 4.55. The van der Waals surface area contributed by atoms with Crippen LogP contribution in [0.2, 0.25) is 0 Å². The van der Waals surface area contributed by atoms with Crippen LogP contribution in [0.25, 0.3) is 6.08 Å². The maximum atomic E-state index is 11.7. The van der Waals surface area contributed by atoms with Crippen molar-refractivity contribution >= 4 is 34.7 Å². The number of nitrogens with two attached hydrogens (primary N) is 1. The summed E-state index contributed by atoms with van der Waals surface area (Å²) in [5.41, 5.74) is 9.20. The van der Waals surface area contributed by atoms with E-state index in [4.69, 9.17) is 5.73 Å². The third-order valence-electron chi connectivity index (χ3n) is 3.74. The van der Waals surface area contributed by atoms with Crippen molar-refractivity contribution in [3.8, 4) is 0 Å². The standard InChI is InChI=1S/C15H17N3O2S/c1-9-3-2-4-10(7-12-14(19)17-15(20)21-12)13(9)18-6-5-11(16)8-18/h2-4,7,11H,5-6,8,16H2,1H3,(H,17,19,20). The molecule has 0 spiro atoms. The Kier molecular flexibility index (Phi) is 3.73. The quantitative estimate of drug-likeness (QED) is 0.816. The maximum Gasteiger partial charge on any atom is 0.290 e. The molecule has 0 radical (unpaired) electrons. The summed E-state index contributed by atoms with van der Waals surface area (Å²) in [7, 11) is 0. The summed E-state index contributed by atoms with van der Waals surface area (Å²) < 4.78 is 0. The molecule has 6 heteroatoms. The molecule has 2 fully saturated rings. The predicted molar refractivity (Wildman–Crippen MR) is 85.1 cm³/mol. The van der Waals surface area contributed by atoms with Gasteiger partial charge < -0.3 is 10.6 Å². The molecule has 2 heterocycles. The van der Waals surface area contributed by atoms with E-state index in [1.54, 1.807) is 6.08 Å². The molecular formula is C15H17N3O2S. The van der Waals surface area contributed by atoms with Crippen LogP contribution in [0.4, 0.5) is 10.5 Å². The Morgan fingerprint density at radius 3 is 2.86 bits per heavy atom. The molecule has 3 rings (SSSR count). The SMILES string of the molecule is Cc1cccc(C=C2SC(=O)NC2=O)c1N1CCC(N)C1. The fraction of sp³-hybridized carbons (Fsp3) is 0.333. The molecule has 0 saturated carbocycles. The van der Waals surface area contributed by atoms with E-state index < -0.39 is 0 Å². The first-order chi connectivity index (χ1) is 10.0. The Balaban J connectivity index is 1.99. The number of imide groups is 1. The number of nitrogens with one attached hydrogen (secondary N) is 1. The summed E-state index contributed by atoms with van der Waals surface area (Å²) in [5.74, 6) is -0.324. The zero-order valence-corrected chi connectivity index (χ0v) is 12.6. The van der Waals surface area contributed by atoms with Gasteiger partial charge in [0.1, 0.15) is 0 Å². The lowest BCUT2D eigenvalue weighted by Crippen LogP contribution is -2.27. The number of benzene rings is 1. The van der Waals surface area contributed by atoms with Crippen LogP contribution in [-0.2, 0) is 4.79 Å². The predicted octanol–water partition coefficient (Wildman–Crippen LogP) is 1.86. The molecule has 0 bridgehead atoms. The monoisotopic (exact) mass is 303 g/mol. The summed E-state index contributed by atoms with van der Waals surface area (Å²) >= 11 is 0.944. The molecule has 5 nitrogen and oxygen atoms in total. The molecule has 110 valence electrons. The number of hydrogen-bond acceptors (Lipinski definition) is 5. The highest BCUT2D eigenvalue weighted by molar-refractivity contribution is 8.18. The number of aryl methyl sites for hydroxylation is 1. The molecule has 2 aliphatic rings. The molecule has 3 N–H and O–H groups in total. The van der Waals surface area contributed by atoms with Crippen LogP contribution in [-0.4, -0.2) is 30.3 Å². The van der Waals surface area contributed by atoms with E-state index in [1.807, 2.05) is 25.1 Å². The largest absolute Gasteiger partial charge is 0.369 e. The second-order valence-electron chi connectivity index (χ2n) is 5.36. The molecule has 1 aromatic carbocycles. The number of thioether (sulfide) groups is 1. The van der Waals surface area contributed by atoms with Crippen molar-refractivity contribution in [2.45, 2.75) is 19.4 Å². The lowest BCUT2D eigenvalue weighted by atomic mass is 10.1. The van der Waals surface area contributed by atoms with Crippen molar-refractivity contribution < 1.29 is 9.59 Å². The van der Waals surface area contributed by atoms with Gasteiger partial charge in [0.15, 0.2) is 0 Å². The Morgan fingerprint density at radius 2 is 2.24 bits per heavy atom. The van der Waals surface area contributed by atoms with Gasteiger partial charge in [-0.15, -0.1) is 0 Å². The van der Waals surface area contributed by atoms with Gasteiger partial charge in [-0.1, -0.05) is 18.2 Å². The van der Waals surface area contributed by atoms with Crippen molar-refractivity contribution in [1.82, 2.24) is 5.32 Å². The van der Waals surface area contributed by atoms with Crippen molar-refractivity contribution in [2.75, 3.05) is 18.0 Å². The first-order valence-electron chi connectivity index (χ1n) is 6.89. The third kappa shape index (κ3) is 2.82. The Bertz CT molecular complexity index is 642. The minimum absolute atomic E-state index is 0.191. The van der Waals surface area contributed by atoms with Crippen LogP contribution >= 0.6 is 11.8 Å². The second-order valence-corrected chi connectivity index (χ2v) is 6.37. The first kappa shape index (κ1) is 14.2. The summed E-state index contributed by atoms with van der Waals surface area (Å²) in [6.45, 7) is 3.79. The number of hydrogen-bond donors (Lipinski definition) is 2. The van der Waals surface area contributed by atoms with E-state index in [0.29, 0.717) is 4.91 Å². The average Bonchev–Trinajstić information content (AvgIpc) is 2.96. The van der Waals surface area contributed by atoms with Gasteiger partial charge in [0.2, 0.25) is 0 Å². The van der Waals surface area contributed by atoms with Gasteiger partial charge >= 0.3 is 0 Å². The highest BCUT2D eigenvalue weighted by Gasteiger charge is 2.27. The normalized spacial score (nSPS) is 24.0. The van der Waals surface area contributed by atoms with Crippen LogP contribution in [0.5, 0.6) is 0 Å². The summed E-state index contributed by atoms with van der Waals surface area (Å²) in [4.78, 5) is 25.7. The molecule has 1 aromatic rings. The Labute approximate surface area is 127 Å². The van der Waals surface area contributed by atoms with Crippen LogP contribution < -0.4 is 16.0 Å². The van der Waals surface area contributed by atoms with Crippen molar-refractivity contribution in [1.29, 1.82) is 0 Å². The van der Waals surface area contributed by atoms with Crippen molar-refractivity contribution in [3.05, 3.63) is 34.2 Å². The smallest absolute Gasteiger partial charge is 0.290 e.